The summed E-state index contributed by atoms with van der Waals surface area (Å²) in [5.74, 6) is -1.10. The number of nitrogen functional groups attached to an aromatic ring is 1. The summed E-state index contributed by atoms with van der Waals surface area (Å²) < 4.78 is 10.7. The Balaban J connectivity index is 0.979. The zero-order valence-electron chi connectivity index (χ0n) is 39.5. The smallest absolute Gasteiger partial charge is 0.409 e. The molecule has 18 nitrogen and oxygen atoms in total. The topological polar surface area (TPSA) is 217 Å². The molecule has 2 aromatic carbocycles. The van der Waals surface area contributed by atoms with Gasteiger partial charge in [0, 0.05) is 63.6 Å². The minimum atomic E-state index is -1.20. The summed E-state index contributed by atoms with van der Waals surface area (Å²) in [5.41, 5.74) is 10.9. The summed E-state index contributed by atoms with van der Waals surface area (Å²) in [5, 5.41) is 16.6. The first-order valence-corrected chi connectivity index (χ1v) is 24.4. The lowest BCUT2D eigenvalue weighted by molar-refractivity contribution is -0.143. The van der Waals surface area contributed by atoms with E-state index in [1.165, 1.54) is 63.0 Å². The summed E-state index contributed by atoms with van der Waals surface area (Å²) >= 11 is 0. The molecule has 0 bridgehead atoms. The molecule has 364 valence electrons. The Morgan fingerprint density at radius 3 is 1.97 bits per heavy atom. The predicted molar refractivity (Wildman–Crippen MR) is 261 cm³/mol. The standard InChI is InChI=1S/C49H73N13O5/c1-66-47(64)44(58-46(63)40-16-18-41(19-17-40)54-32-42-33-55-45-43(57-42)34-56-48(50)59-45)37-67-49(65)62-29-11-28-60(26-8-4-3-7-21-52-25-31-62)35-38-12-14-39(15-13-38)36-61-27-9-5-2-6-20-51-22-10-23-53-24-30-61/h12-19,33-34,44,51-54H,2-11,20-32,35-37H2,1H3,(H,58,63)(H2,50,55,56,59). The third-order valence-electron chi connectivity index (χ3n) is 12.2. The van der Waals surface area contributed by atoms with E-state index in [1.54, 1.807) is 35.4 Å². The molecule has 2 amide bonds. The summed E-state index contributed by atoms with van der Waals surface area (Å²) in [6, 6.07) is 14.7. The van der Waals surface area contributed by atoms with Crippen LogP contribution in [0.3, 0.4) is 0 Å². The second kappa shape index (κ2) is 28.6. The minimum absolute atomic E-state index is 0.130. The molecule has 6 rings (SSSR count). The van der Waals surface area contributed by atoms with Gasteiger partial charge in [-0.3, -0.25) is 14.6 Å². The van der Waals surface area contributed by atoms with E-state index in [9.17, 15) is 14.4 Å². The van der Waals surface area contributed by atoms with Crippen LogP contribution in [0.25, 0.3) is 11.2 Å². The van der Waals surface area contributed by atoms with Crippen LogP contribution < -0.4 is 32.3 Å². The van der Waals surface area contributed by atoms with Crippen LogP contribution >= 0.6 is 0 Å². The van der Waals surface area contributed by atoms with Crippen LogP contribution in [0.2, 0.25) is 0 Å². The first-order valence-electron chi connectivity index (χ1n) is 24.4. The summed E-state index contributed by atoms with van der Waals surface area (Å²) in [7, 11) is 1.23. The van der Waals surface area contributed by atoms with Gasteiger partial charge < -0.3 is 46.7 Å². The molecule has 0 radical (unpaired) electrons. The Kier molecular flexibility index (Phi) is 21.7. The number of ether oxygens (including phenoxy) is 2. The van der Waals surface area contributed by atoms with Crippen molar-refractivity contribution in [1.82, 2.24) is 55.9 Å². The Labute approximate surface area is 395 Å². The SMILES string of the molecule is COC(=O)C(COC(=O)N1CCCN(Cc2ccc(CN3CCCCCCNCCCNCC3)cc2)CCCCCCNCC1)NC(=O)c1ccc(NCc2cnc3nc(N)ncc3n2)cc1. The Morgan fingerprint density at radius 2 is 1.28 bits per heavy atom. The number of anilines is 2. The summed E-state index contributed by atoms with van der Waals surface area (Å²) in [6.45, 7) is 12.5. The van der Waals surface area contributed by atoms with Gasteiger partial charge in [0.1, 0.15) is 12.1 Å². The molecule has 0 spiro atoms. The zero-order valence-corrected chi connectivity index (χ0v) is 39.5. The van der Waals surface area contributed by atoms with Crippen LogP contribution in [0.4, 0.5) is 16.4 Å². The van der Waals surface area contributed by atoms with E-state index in [4.69, 9.17) is 15.2 Å². The average Bonchev–Trinajstić information content (AvgIpc) is 3.34. The van der Waals surface area contributed by atoms with Crippen molar-refractivity contribution >= 4 is 40.8 Å². The van der Waals surface area contributed by atoms with Crippen LogP contribution in [-0.4, -0.2) is 151 Å². The average molecular weight is 924 g/mol. The fourth-order valence-corrected chi connectivity index (χ4v) is 8.32. The van der Waals surface area contributed by atoms with Crippen molar-refractivity contribution < 1.29 is 23.9 Å². The number of nitrogens with zero attached hydrogens (tertiary/aromatic N) is 7. The molecule has 2 fully saturated rings. The van der Waals surface area contributed by atoms with Crippen LogP contribution in [0.1, 0.15) is 91.4 Å². The lowest BCUT2D eigenvalue weighted by Gasteiger charge is -2.27. The van der Waals surface area contributed by atoms with Gasteiger partial charge >= 0.3 is 12.1 Å². The number of esters is 1. The highest BCUT2D eigenvalue weighted by molar-refractivity contribution is 5.97. The number of methoxy groups -OCH3 is 1. The molecule has 2 aromatic heterocycles. The summed E-state index contributed by atoms with van der Waals surface area (Å²) in [4.78, 5) is 63.4. The Bertz CT molecular complexity index is 2080. The number of carbonyl (C=O) groups excluding carboxylic acids is 3. The van der Waals surface area contributed by atoms with Gasteiger partial charge in [-0.15, -0.1) is 0 Å². The van der Waals surface area contributed by atoms with Crippen LogP contribution in [0, 0.1) is 0 Å². The molecule has 1 atom stereocenters. The van der Waals surface area contributed by atoms with Crippen molar-refractivity contribution in [2.75, 3.05) is 103 Å². The number of amides is 2. The van der Waals surface area contributed by atoms with Gasteiger partial charge in [0.05, 0.1) is 31.7 Å². The maximum absolute atomic E-state index is 13.6. The quantitative estimate of drug-likeness (QED) is 0.109. The third-order valence-corrected chi connectivity index (χ3v) is 12.2. The van der Waals surface area contributed by atoms with Gasteiger partial charge in [-0.2, -0.15) is 4.98 Å². The third kappa shape index (κ3) is 18.2. The molecule has 4 aromatic rings. The van der Waals surface area contributed by atoms with Gasteiger partial charge in [-0.1, -0.05) is 49.9 Å². The number of aromatic nitrogens is 4. The molecule has 2 saturated heterocycles. The molecule has 2 aliphatic rings. The number of hydrogen-bond donors (Lipinski definition) is 6. The van der Waals surface area contributed by atoms with Crippen LogP contribution in [-0.2, 0) is 33.9 Å². The first kappa shape index (κ1) is 50.9. The van der Waals surface area contributed by atoms with E-state index >= 15 is 0 Å². The highest BCUT2D eigenvalue weighted by Crippen LogP contribution is 2.16. The molecular formula is C49H73N13O5. The maximum atomic E-state index is 13.6. The van der Waals surface area contributed by atoms with Gasteiger partial charge in [0.25, 0.3) is 5.91 Å². The number of benzene rings is 2. The van der Waals surface area contributed by atoms with E-state index < -0.39 is 24.0 Å². The van der Waals surface area contributed by atoms with E-state index in [0.717, 1.165) is 103 Å². The number of nitrogens with two attached hydrogens (primary N) is 1. The number of fused-ring (bicyclic) bond motifs is 1. The minimum Gasteiger partial charge on any atom is -0.467 e. The fraction of sp³-hybridized carbons (Fsp3) is 0.571. The molecule has 0 aliphatic carbocycles. The number of carbonyl (C=O) groups is 3. The second-order valence-electron chi connectivity index (χ2n) is 17.5. The Morgan fingerprint density at radius 1 is 0.672 bits per heavy atom. The van der Waals surface area contributed by atoms with E-state index in [1.807, 2.05) is 0 Å². The van der Waals surface area contributed by atoms with Crippen molar-refractivity contribution in [1.29, 1.82) is 0 Å². The highest BCUT2D eigenvalue weighted by atomic mass is 16.6. The van der Waals surface area contributed by atoms with Crippen molar-refractivity contribution in [3.8, 4) is 0 Å². The Hall–Kier alpha value is -5.53. The molecule has 4 heterocycles. The molecule has 1 unspecified atom stereocenters. The van der Waals surface area contributed by atoms with E-state index in [0.29, 0.717) is 48.6 Å². The van der Waals surface area contributed by atoms with Crippen molar-refractivity contribution in [3.63, 3.8) is 0 Å². The lowest BCUT2D eigenvalue weighted by atomic mass is 10.1. The van der Waals surface area contributed by atoms with Crippen LogP contribution in [0.15, 0.2) is 60.9 Å². The van der Waals surface area contributed by atoms with Gasteiger partial charge in [-0.05, 0) is 113 Å². The number of hydrogen-bond acceptors (Lipinski definition) is 16. The lowest BCUT2D eigenvalue weighted by Crippen LogP contribution is -2.47. The molecule has 2 aliphatic heterocycles. The number of rotatable bonds is 12. The van der Waals surface area contributed by atoms with Crippen LogP contribution in [0.5, 0.6) is 0 Å². The highest BCUT2D eigenvalue weighted by Gasteiger charge is 2.26. The van der Waals surface area contributed by atoms with Gasteiger partial charge in [-0.25, -0.2) is 24.5 Å². The van der Waals surface area contributed by atoms with E-state index in [2.05, 4.69) is 80.6 Å². The molecule has 7 N–H and O–H groups in total. The van der Waals surface area contributed by atoms with Gasteiger partial charge in [0.2, 0.25) is 5.95 Å². The zero-order chi connectivity index (χ0) is 46.9. The molecule has 18 heteroatoms. The van der Waals surface area contributed by atoms with Crippen molar-refractivity contribution in [2.24, 2.45) is 0 Å². The molecule has 0 saturated carbocycles. The second-order valence-corrected chi connectivity index (χ2v) is 17.5. The summed E-state index contributed by atoms with van der Waals surface area (Å²) in [6.07, 6.45) is 14.1. The molecule has 67 heavy (non-hydrogen) atoms. The fourth-order valence-electron chi connectivity index (χ4n) is 8.32. The van der Waals surface area contributed by atoms with Gasteiger partial charge in [0.15, 0.2) is 11.7 Å². The predicted octanol–water partition coefficient (Wildman–Crippen LogP) is 4.33. The normalized spacial score (nSPS) is 17.9. The largest absolute Gasteiger partial charge is 0.467 e. The van der Waals surface area contributed by atoms with Crippen molar-refractivity contribution in [2.45, 2.75) is 89.9 Å². The number of nitrogens with one attached hydrogen (secondary N) is 5. The monoisotopic (exact) mass is 924 g/mol. The first-order chi connectivity index (χ1) is 32.8. The maximum Gasteiger partial charge on any atom is 0.409 e. The van der Waals surface area contributed by atoms with Crippen molar-refractivity contribution in [3.05, 3.63) is 83.3 Å². The molecular weight excluding hydrogens is 851 g/mol. The van der Waals surface area contributed by atoms with E-state index in [-0.39, 0.29) is 12.6 Å².